The third-order valence-electron chi connectivity index (χ3n) is 4.48. The monoisotopic (exact) mass is 290 g/mol. The molecule has 1 aromatic heterocycles. The summed E-state index contributed by atoms with van der Waals surface area (Å²) in [6.07, 6.45) is 9.35. The number of fused-ring (bicyclic) bond motifs is 1. The minimum absolute atomic E-state index is 0.504. The molecule has 0 saturated heterocycles. The van der Waals surface area contributed by atoms with Gasteiger partial charge in [-0.15, -0.1) is 11.6 Å². The van der Waals surface area contributed by atoms with Gasteiger partial charge in [-0.1, -0.05) is 38.2 Å². The highest BCUT2D eigenvalue weighted by atomic mass is 35.5. The van der Waals surface area contributed by atoms with Gasteiger partial charge in [-0.2, -0.15) is 0 Å². The number of nitrogens with zero attached hydrogens (tertiary/aromatic N) is 2. The van der Waals surface area contributed by atoms with Crippen LogP contribution in [0, 0.1) is 6.92 Å². The van der Waals surface area contributed by atoms with E-state index < -0.39 is 0 Å². The van der Waals surface area contributed by atoms with E-state index in [1.165, 1.54) is 56.0 Å². The molecule has 20 heavy (non-hydrogen) atoms. The molecule has 0 spiro atoms. The minimum atomic E-state index is 0.504. The Hall–Kier alpha value is -1.02. The maximum absolute atomic E-state index is 6.15. The van der Waals surface area contributed by atoms with Crippen LogP contribution >= 0.6 is 11.6 Å². The van der Waals surface area contributed by atoms with E-state index in [9.17, 15) is 0 Å². The van der Waals surface area contributed by atoms with Crippen LogP contribution in [0.4, 0.5) is 0 Å². The first-order valence-electron chi connectivity index (χ1n) is 7.83. The Balaban J connectivity index is 2.04. The number of alkyl halides is 1. The lowest BCUT2D eigenvalue weighted by Crippen LogP contribution is -2.13. The predicted molar refractivity (Wildman–Crippen MR) is 85.4 cm³/mol. The molecule has 3 rings (SSSR count). The van der Waals surface area contributed by atoms with Crippen LogP contribution in [0.2, 0.25) is 0 Å². The first-order chi connectivity index (χ1) is 9.79. The smallest absolute Gasteiger partial charge is 0.125 e. The summed E-state index contributed by atoms with van der Waals surface area (Å²) >= 11 is 6.15. The van der Waals surface area contributed by atoms with Crippen LogP contribution < -0.4 is 0 Å². The molecule has 3 heteroatoms. The highest BCUT2D eigenvalue weighted by Gasteiger charge is 2.19. The van der Waals surface area contributed by atoms with Crippen molar-refractivity contribution in [2.45, 2.75) is 63.8 Å². The van der Waals surface area contributed by atoms with Crippen molar-refractivity contribution in [2.24, 2.45) is 0 Å². The summed E-state index contributed by atoms with van der Waals surface area (Å²) in [5.74, 6) is 1.54. The number of aryl methyl sites for hydroxylation is 1. The van der Waals surface area contributed by atoms with E-state index in [1.807, 2.05) is 0 Å². The topological polar surface area (TPSA) is 17.8 Å². The molecule has 0 atom stereocenters. The highest BCUT2D eigenvalue weighted by Crippen LogP contribution is 2.31. The molecule has 0 N–H and O–H groups in total. The van der Waals surface area contributed by atoms with E-state index in [-0.39, 0.29) is 0 Å². The number of hydrogen-bond acceptors (Lipinski definition) is 1. The molecular weight excluding hydrogens is 268 g/mol. The molecule has 1 saturated carbocycles. The summed E-state index contributed by atoms with van der Waals surface area (Å²) < 4.78 is 2.43. The van der Waals surface area contributed by atoms with Crippen molar-refractivity contribution < 1.29 is 0 Å². The van der Waals surface area contributed by atoms with Gasteiger partial charge in [0.05, 0.1) is 16.9 Å². The minimum Gasteiger partial charge on any atom is -0.324 e. The SMILES string of the molecule is Cc1ccc2nc(CCl)n(C3CCCCCCC3)c2c1. The average molecular weight is 291 g/mol. The molecule has 1 aliphatic carbocycles. The van der Waals surface area contributed by atoms with E-state index in [4.69, 9.17) is 16.6 Å². The molecule has 2 aromatic rings. The Morgan fingerprint density at radius 3 is 2.55 bits per heavy atom. The van der Waals surface area contributed by atoms with Gasteiger partial charge in [0, 0.05) is 6.04 Å². The van der Waals surface area contributed by atoms with Gasteiger partial charge in [0.15, 0.2) is 0 Å². The molecule has 0 unspecified atom stereocenters. The standard InChI is InChI=1S/C17H23ClN2/c1-13-9-10-15-16(11-13)20(17(12-18)19-15)14-7-5-3-2-4-6-8-14/h9-11,14H,2-8,12H2,1H3. The average Bonchev–Trinajstić information content (AvgIpc) is 2.76. The molecule has 0 radical (unpaired) electrons. The van der Waals surface area contributed by atoms with Gasteiger partial charge in [0.1, 0.15) is 5.82 Å². The molecule has 1 fully saturated rings. The Kier molecular flexibility index (Phi) is 4.30. The second-order valence-corrected chi connectivity index (χ2v) is 6.29. The van der Waals surface area contributed by atoms with Crippen LogP contribution in [0.5, 0.6) is 0 Å². The third kappa shape index (κ3) is 2.71. The maximum atomic E-state index is 6.15. The summed E-state index contributed by atoms with van der Waals surface area (Å²) in [6, 6.07) is 7.10. The Morgan fingerprint density at radius 1 is 1.15 bits per heavy atom. The second-order valence-electron chi connectivity index (χ2n) is 6.02. The van der Waals surface area contributed by atoms with Gasteiger partial charge in [-0.25, -0.2) is 4.98 Å². The van der Waals surface area contributed by atoms with Gasteiger partial charge >= 0.3 is 0 Å². The Labute approximate surface area is 126 Å². The number of rotatable bonds is 2. The fourth-order valence-electron chi connectivity index (χ4n) is 3.45. The zero-order valence-corrected chi connectivity index (χ0v) is 13.0. The van der Waals surface area contributed by atoms with Crippen molar-refractivity contribution in [3.05, 3.63) is 29.6 Å². The fourth-order valence-corrected chi connectivity index (χ4v) is 3.64. The van der Waals surface area contributed by atoms with Gasteiger partial charge in [0.2, 0.25) is 0 Å². The number of hydrogen-bond donors (Lipinski definition) is 0. The quantitative estimate of drug-likeness (QED) is 0.680. The zero-order chi connectivity index (χ0) is 13.9. The van der Waals surface area contributed by atoms with E-state index >= 15 is 0 Å². The summed E-state index contributed by atoms with van der Waals surface area (Å²) in [6.45, 7) is 2.15. The lowest BCUT2D eigenvalue weighted by molar-refractivity contribution is 0.373. The number of aromatic nitrogens is 2. The van der Waals surface area contributed by atoms with E-state index in [0.29, 0.717) is 11.9 Å². The van der Waals surface area contributed by atoms with Crippen LogP contribution in [0.15, 0.2) is 18.2 Å². The van der Waals surface area contributed by atoms with Crippen molar-refractivity contribution in [3.63, 3.8) is 0 Å². The van der Waals surface area contributed by atoms with E-state index in [0.717, 1.165) is 11.3 Å². The van der Waals surface area contributed by atoms with Crippen LogP contribution in [0.3, 0.4) is 0 Å². The van der Waals surface area contributed by atoms with Gasteiger partial charge in [-0.3, -0.25) is 0 Å². The molecule has 108 valence electrons. The Morgan fingerprint density at radius 2 is 1.85 bits per heavy atom. The van der Waals surface area contributed by atoms with Crippen molar-refractivity contribution in [1.82, 2.24) is 9.55 Å². The van der Waals surface area contributed by atoms with Crippen molar-refractivity contribution in [2.75, 3.05) is 0 Å². The first kappa shape index (κ1) is 13.9. The lowest BCUT2D eigenvalue weighted by Gasteiger charge is -2.23. The summed E-state index contributed by atoms with van der Waals surface area (Å²) in [7, 11) is 0. The lowest BCUT2D eigenvalue weighted by atomic mass is 9.96. The van der Waals surface area contributed by atoms with E-state index in [2.05, 4.69) is 29.7 Å². The summed E-state index contributed by atoms with van der Waals surface area (Å²) in [5, 5.41) is 0. The number of halogens is 1. The molecule has 0 aliphatic heterocycles. The van der Waals surface area contributed by atoms with Gasteiger partial charge in [-0.05, 0) is 37.5 Å². The fraction of sp³-hybridized carbons (Fsp3) is 0.588. The summed E-state index contributed by atoms with van der Waals surface area (Å²) in [5.41, 5.74) is 3.66. The van der Waals surface area contributed by atoms with Crippen LogP contribution in [-0.4, -0.2) is 9.55 Å². The van der Waals surface area contributed by atoms with Crippen molar-refractivity contribution >= 4 is 22.6 Å². The van der Waals surface area contributed by atoms with Gasteiger partial charge in [0.25, 0.3) is 0 Å². The normalized spacial score (nSPS) is 18.1. The second kappa shape index (κ2) is 6.17. The first-order valence-corrected chi connectivity index (χ1v) is 8.36. The molecular formula is C17H23ClN2. The molecule has 1 aliphatic rings. The van der Waals surface area contributed by atoms with E-state index in [1.54, 1.807) is 0 Å². The molecule has 0 bridgehead atoms. The van der Waals surface area contributed by atoms with Crippen molar-refractivity contribution in [3.8, 4) is 0 Å². The van der Waals surface area contributed by atoms with Crippen LogP contribution in [0.25, 0.3) is 11.0 Å². The number of imidazole rings is 1. The number of benzene rings is 1. The third-order valence-corrected chi connectivity index (χ3v) is 4.72. The van der Waals surface area contributed by atoms with Crippen molar-refractivity contribution in [1.29, 1.82) is 0 Å². The van der Waals surface area contributed by atoms with Crippen LogP contribution in [0.1, 0.15) is 62.4 Å². The molecule has 1 aromatic carbocycles. The van der Waals surface area contributed by atoms with Gasteiger partial charge < -0.3 is 4.57 Å². The van der Waals surface area contributed by atoms with Crippen LogP contribution in [-0.2, 0) is 5.88 Å². The molecule has 2 nitrogen and oxygen atoms in total. The summed E-state index contributed by atoms with van der Waals surface area (Å²) in [4.78, 5) is 4.73. The largest absolute Gasteiger partial charge is 0.324 e. The Bertz CT molecular complexity index is 580. The highest BCUT2D eigenvalue weighted by molar-refractivity contribution is 6.16. The zero-order valence-electron chi connectivity index (χ0n) is 12.2. The predicted octanol–water partition coefficient (Wildman–Crippen LogP) is 5.37. The maximum Gasteiger partial charge on any atom is 0.125 e. The molecule has 1 heterocycles. The molecule has 0 amide bonds.